The van der Waals surface area contributed by atoms with Crippen molar-refractivity contribution < 1.29 is 0 Å². The molecule has 21 heavy (non-hydrogen) atoms. The number of nitrogens with one attached hydrogen (secondary N) is 1. The van der Waals surface area contributed by atoms with Gasteiger partial charge in [-0.25, -0.2) is 4.98 Å². The lowest BCUT2D eigenvalue weighted by Crippen LogP contribution is -2.10. The largest absolute Gasteiger partial charge is 0.355 e. The quantitative estimate of drug-likeness (QED) is 0.751. The minimum Gasteiger partial charge on any atom is -0.355 e. The molecular formula is C17H20N4. The Morgan fingerprint density at radius 2 is 2.00 bits per heavy atom. The zero-order valence-corrected chi connectivity index (χ0v) is 12.3. The number of rotatable bonds is 6. The SMILES string of the molecule is CCCn1ccnc1NCCc1cccc2cccnc12. The number of imidazole rings is 1. The van der Waals surface area contributed by atoms with Gasteiger partial charge in [-0.1, -0.05) is 31.2 Å². The summed E-state index contributed by atoms with van der Waals surface area (Å²) in [5, 5.41) is 4.61. The molecule has 1 N–H and O–H groups in total. The third-order valence-corrected chi connectivity index (χ3v) is 3.57. The van der Waals surface area contributed by atoms with Gasteiger partial charge in [0.1, 0.15) is 0 Å². The van der Waals surface area contributed by atoms with Crippen LogP contribution in [0.3, 0.4) is 0 Å². The number of benzene rings is 1. The lowest BCUT2D eigenvalue weighted by molar-refractivity contribution is 0.682. The summed E-state index contributed by atoms with van der Waals surface area (Å²) >= 11 is 0. The lowest BCUT2D eigenvalue weighted by atomic mass is 10.1. The smallest absolute Gasteiger partial charge is 0.202 e. The van der Waals surface area contributed by atoms with Crippen molar-refractivity contribution in [2.45, 2.75) is 26.3 Å². The third-order valence-electron chi connectivity index (χ3n) is 3.57. The number of aryl methyl sites for hydroxylation is 1. The zero-order valence-electron chi connectivity index (χ0n) is 12.3. The van der Waals surface area contributed by atoms with Gasteiger partial charge in [-0.2, -0.15) is 0 Å². The number of aromatic nitrogens is 3. The van der Waals surface area contributed by atoms with Crippen LogP contribution in [0.1, 0.15) is 18.9 Å². The van der Waals surface area contributed by atoms with Crippen molar-refractivity contribution in [1.29, 1.82) is 0 Å². The molecule has 0 bridgehead atoms. The van der Waals surface area contributed by atoms with E-state index >= 15 is 0 Å². The molecule has 0 spiro atoms. The van der Waals surface area contributed by atoms with Gasteiger partial charge in [0.05, 0.1) is 5.52 Å². The monoisotopic (exact) mass is 280 g/mol. The average molecular weight is 280 g/mol. The van der Waals surface area contributed by atoms with E-state index in [9.17, 15) is 0 Å². The van der Waals surface area contributed by atoms with E-state index in [2.05, 4.69) is 51.0 Å². The molecule has 0 fully saturated rings. The fourth-order valence-corrected chi connectivity index (χ4v) is 2.58. The number of hydrogen-bond acceptors (Lipinski definition) is 3. The van der Waals surface area contributed by atoms with Gasteiger partial charge in [-0.05, 0) is 24.5 Å². The first kappa shape index (κ1) is 13.6. The number of hydrogen-bond donors (Lipinski definition) is 1. The molecule has 0 saturated carbocycles. The molecule has 4 heteroatoms. The van der Waals surface area contributed by atoms with Crippen LogP contribution in [0.15, 0.2) is 48.9 Å². The van der Waals surface area contributed by atoms with Crippen molar-refractivity contribution in [3.8, 4) is 0 Å². The van der Waals surface area contributed by atoms with E-state index in [0.717, 1.165) is 37.4 Å². The van der Waals surface area contributed by atoms with Crippen LogP contribution in [0.5, 0.6) is 0 Å². The van der Waals surface area contributed by atoms with Gasteiger partial charge in [-0.15, -0.1) is 0 Å². The number of para-hydroxylation sites is 1. The maximum atomic E-state index is 4.50. The summed E-state index contributed by atoms with van der Waals surface area (Å²) < 4.78 is 2.15. The Morgan fingerprint density at radius 1 is 1.10 bits per heavy atom. The summed E-state index contributed by atoms with van der Waals surface area (Å²) in [5.41, 5.74) is 2.37. The Labute approximate surface area is 124 Å². The molecule has 0 radical (unpaired) electrons. The fraction of sp³-hybridized carbons (Fsp3) is 0.294. The molecule has 0 saturated heterocycles. The minimum absolute atomic E-state index is 0.858. The number of nitrogens with zero attached hydrogens (tertiary/aromatic N) is 3. The Hall–Kier alpha value is -2.36. The molecule has 1 aromatic carbocycles. The molecule has 3 rings (SSSR count). The van der Waals surface area contributed by atoms with Crippen molar-refractivity contribution in [3.63, 3.8) is 0 Å². The number of anilines is 1. The summed E-state index contributed by atoms with van der Waals surface area (Å²) in [6, 6.07) is 10.4. The van der Waals surface area contributed by atoms with E-state index in [1.807, 2.05) is 24.7 Å². The molecule has 0 aliphatic heterocycles. The predicted octanol–water partition coefficient (Wildman–Crippen LogP) is 3.50. The van der Waals surface area contributed by atoms with E-state index in [4.69, 9.17) is 0 Å². The molecule has 2 aromatic heterocycles. The van der Waals surface area contributed by atoms with Crippen molar-refractivity contribution >= 4 is 16.9 Å². The van der Waals surface area contributed by atoms with Crippen LogP contribution in [-0.4, -0.2) is 21.1 Å². The van der Waals surface area contributed by atoms with E-state index in [1.165, 1.54) is 10.9 Å². The van der Waals surface area contributed by atoms with E-state index < -0.39 is 0 Å². The predicted molar refractivity (Wildman–Crippen MR) is 86.5 cm³/mol. The molecule has 0 aliphatic rings. The number of fused-ring (bicyclic) bond motifs is 1. The van der Waals surface area contributed by atoms with Crippen LogP contribution < -0.4 is 5.32 Å². The van der Waals surface area contributed by atoms with E-state index in [1.54, 1.807) is 0 Å². The topological polar surface area (TPSA) is 42.7 Å². The molecule has 0 amide bonds. The molecule has 108 valence electrons. The van der Waals surface area contributed by atoms with Gasteiger partial charge in [0.15, 0.2) is 0 Å². The van der Waals surface area contributed by atoms with E-state index in [-0.39, 0.29) is 0 Å². The highest BCUT2D eigenvalue weighted by Crippen LogP contribution is 2.16. The summed E-state index contributed by atoms with van der Waals surface area (Å²) in [4.78, 5) is 8.86. The van der Waals surface area contributed by atoms with Crippen molar-refractivity contribution in [1.82, 2.24) is 14.5 Å². The number of pyridine rings is 1. The van der Waals surface area contributed by atoms with Crippen LogP contribution in [0, 0.1) is 0 Å². The Balaban J connectivity index is 1.68. The molecule has 0 aliphatic carbocycles. The average Bonchev–Trinajstić information content (AvgIpc) is 2.95. The first-order valence-corrected chi connectivity index (χ1v) is 7.46. The zero-order chi connectivity index (χ0) is 14.5. The van der Waals surface area contributed by atoms with Crippen LogP contribution in [0.4, 0.5) is 5.95 Å². The first-order chi connectivity index (χ1) is 10.4. The maximum absolute atomic E-state index is 4.50. The van der Waals surface area contributed by atoms with Crippen molar-refractivity contribution in [2.75, 3.05) is 11.9 Å². The summed E-state index contributed by atoms with van der Waals surface area (Å²) in [6.07, 6.45) is 7.77. The fourth-order valence-electron chi connectivity index (χ4n) is 2.58. The van der Waals surface area contributed by atoms with Gasteiger partial charge in [0.2, 0.25) is 5.95 Å². The summed E-state index contributed by atoms with van der Waals surface area (Å²) in [5.74, 6) is 0.949. The van der Waals surface area contributed by atoms with Gasteiger partial charge in [0, 0.05) is 37.1 Å². The van der Waals surface area contributed by atoms with Gasteiger partial charge < -0.3 is 9.88 Å². The minimum atomic E-state index is 0.858. The second-order valence-electron chi connectivity index (χ2n) is 5.11. The highest BCUT2D eigenvalue weighted by molar-refractivity contribution is 5.81. The Bertz CT molecular complexity index is 712. The molecule has 0 unspecified atom stereocenters. The highest BCUT2D eigenvalue weighted by Gasteiger charge is 2.04. The van der Waals surface area contributed by atoms with Gasteiger partial charge >= 0.3 is 0 Å². The van der Waals surface area contributed by atoms with Crippen LogP contribution >= 0.6 is 0 Å². The van der Waals surface area contributed by atoms with Crippen LogP contribution in [-0.2, 0) is 13.0 Å². The van der Waals surface area contributed by atoms with Crippen molar-refractivity contribution in [2.24, 2.45) is 0 Å². The third kappa shape index (κ3) is 3.05. The van der Waals surface area contributed by atoms with Crippen LogP contribution in [0.25, 0.3) is 10.9 Å². The second-order valence-corrected chi connectivity index (χ2v) is 5.11. The highest BCUT2D eigenvalue weighted by atomic mass is 15.2. The normalized spacial score (nSPS) is 10.9. The molecular weight excluding hydrogens is 260 g/mol. The summed E-state index contributed by atoms with van der Waals surface area (Å²) in [7, 11) is 0. The van der Waals surface area contributed by atoms with Gasteiger partial charge in [-0.3, -0.25) is 4.98 Å². The maximum Gasteiger partial charge on any atom is 0.202 e. The summed E-state index contributed by atoms with van der Waals surface area (Å²) in [6.45, 7) is 4.03. The molecule has 2 heterocycles. The second kappa shape index (κ2) is 6.39. The molecule has 0 atom stereocenters. The van der Waals surface area contributed by atoms with Crippen LogP contribution in [0.2, 0.25) is 0 Å². The Kier molecular flexibility index (Phi) is 4.15. The Morgan fingerprint density at radius 3 is 2.90 bits per heavy atom. The van der Waals surface area contributed by atoms with Crippen molar-refractivity contribution in [3.05, 3.63) is 54.5 Å². The van der Waals surface area contributed by atoms with E-state index in [0.29, 0.717) is 0 Å². The molecule has 4 nitrogen and oxygen atoms in total. The van der Waals surface area contributed by atoms with Gasteiger partial charge in [0.25, 0.3) is 0 Å². The molecule has 3 aromatic rings. The lowest BCUT2D eigenvalue weighted by Gasteiger charge is -2.09. The first-order valence-electron chi connectivity index (χ1n) is 7.46. The standard InChI is InChI=1S/C17H20N4/c1-2-12-21-13-11-20-17(21)19-10-8-15-6-3-5-14-7-4-9-18-16(14)15/h3-7,9,11,13H,2,8,10,12H2,1H3,(H,19,20).